The number of amides is 3. The van der Waals surface area contributed by atoms with E-state index in [1.807, 2.05) is 37.4 Å². The summed E-state index contributed by atoms with van der Waals surface area (Å²) in [6, 6.07) is 6.97. The van der Waals surface area contributed by atoms with Crippen molar-refractivity contribution in [3.63, 3.8) is 0 Å². The van der Waals surface area contributed by atoms with Crippen molar-refractivity contribution in [3.05, 3.63) is 24.3 Å². The molecule has 0 aliphatic rings. The number of rotatable bonds is 9. The molecule has 7 nitrogen and oxygen atoms in total. The van der Waals surface area contributed by atoms with Crippen molar-refractivity contribution in [1.29, 1.82) is 0 Å². The van der Waals surface area contributed by atoms with Crippen LogP contribution >= 0.6 is 11.8 Å². The van der Waals surface area contributed by atoms with Gasteiger partial charge in [-0.25, -0.2) is 0 Å². The molecule has 0 saturated heterocycles. The Kier molecular flexibility index (Phi) is 9.01. The minimum atomic E-state index is -0.595. The number of nitrogens with one attached hydrogen (secondary N) is 4. The molecule has 0 aliphatic heterocycles. The molecule has 1 aromatic rings. The quantitative estimate of drug-likeness (QED) is 0.443. The van der Waals surface area contributed by atoms with Gasteiger partial charge >= 0.3 is 0 Å². The van der Waals surface area contributed by atoms with Crippen LogP contribution in [0.1, 0.15) is 13.8 Å². The summed E-state index contributed by atoms with van der Waals surface area (Å²) < 4.78 is 0. The van der Waals surface area contributed by atoms with Crippen LogP contribution in [0.4, 0.5) is 5.69 Å². The molecule has 2 atom stereocenters. The summed E-state index contributed by atoms with van der Waals surface area (Å²) in [5.41, 5.74) is 0.766. The number of thioether (sulfide) groups is 1. The lowest BCUT2D eigenvalue weighted by atomic mass is 10.3. The number of hydrogen-bond acceptors (Lipinski definition) is 4. The third-order valence-electron chi connectivity index (χ3n) is 3.43. The van der Waals surface area contributed by atoms with E-state index < -0.39 is 6.04 Å². The Morgan fingerprint density at radius 1 is 1.16 bits per heavy atom. The molecule has 0 spiro atoms. The van der Waals surface area contributed by atoms with E-state index in [1.165, 1.54) is 0 Å². The minimum Gasteiger partial charge on any atom is -0.355 e. The first kappa shape index (κ1) is 21.0. The molecule has 3 amide bonds. The first-order chi connectivity index (χ1) is 11.9. The van der Waals surface area contributed by atoms with Gasteiger partial charge in [-0.05, 0) is 32.2 Å². The molecule has 0 saturated carbocycles. The van der Waals surface area contributed by atoms with Gasteiger partial charge in [0, 0.05) is 11.4 Å². The van der Waals surface area contributed by atoms with Crippen LogP contribution in [0.15, 0.2) is 29.2 Å². The van der Waals surface area contributed by atoms with Crippen LogP contribution in [0.3, 0.4) is 0 Å². The predicted molar refractivity (Wildman–Crippen MR) is 99.8 cm³/mol. The summed E-state index contributed by atoms with van der Waals surface area (Å²) in [4.78, 5) is 37.4. The highest BCUT2D eigenvalue weighted by Crippen LogP contribution is 2.24. The summed E-state index contributed by atoms with van der Waals surface area (Å²) in [5.74, 6) is -0.655. The zero-order valence-corrected chi connectivity index (χ0v) is 16.0. The monoisotopic (exact) mass is 367 g/mol. The van der Waals surface area contributed by atoms with Crippen LogP contribution < -0.4 is 20.9 Å². The second-order valence-electron chi connectivity index (χ2n) is 5.74. The van der Waals surface area contributed by atoms with E-state index in [4.69, 9.17) is 0 Å². The molecule has 0 fully saturated rings. The van der Waals surface area contributed by atoms with E-state index in [2.05, 4.69) is 16.0 Å². The predicted octanol–water partition coefficient (Wildman–Crippen LogP) is -0.497. The molecule has 1 aromatic carbocycles. The first-order valence-corrected chi connectivity index (χ1v) is 9.41. The molecule has 0 bridgehead atoms. The Morgan fingerprint density at radius 3 is 2.44 bits per heavy atom. The van der Waals surface area contributed by atoms with Crippen LogP contribution in [-0.2, 0) is 14.4 Å². The topological polar surface area (TPSA) is 91.7 Å². The molecular weight excluding hydrogens is 340 g/mol. The molecule has 25 heavy (non-hydrogen) atoms. The molecule has 0 heterocycles. The Balaban J connectivity index is 2.45. The molecule has 138 valence electrons. The van der Waals surface area contributed by atoms with Gasteiger partial charge in [0.1, 0.15) is 6.04 Å². The van der Waals surface area contributed by atoms with E-state index in [0.29, 0.717) is 6.54 Å². The standard InChI is InChI=1S/C17H26N4O3S/c1-5-18-17(24)12(2)19-15(22)10-21(3)11-16(23)20-13-8-6-7-9-14(13)25-4/h6-9,12H,5,10-11H2,1-4H3,(H,18,24)(H,19,22)(H,20,23)/p+1/t12-/m1/s1. The fourth-order valence-electron chi connectivity index (χ4n) is 2.24. The lowest BCUT2D eigenvalue weighted by molar-refractivity contribution is -0.862. The number of quaternary nitrogens is 1. The maximum absolute atomic E-state index is 12.2. The van der Waals surface area contributed by atoms with Gasteiger partial charge < -0.3 is 20.9 Å². The summed E-state index contributed by atoms with van der Waals surface area (Å²) in [7, 11) is 1.76. The zero-order chi connectivity index (χ0) is 18.8. The van der Waals surface area contributed by atoms with Crippen molar-refractivity contribution in [1.82, 2.24) is 10.6 Å². The smallest absolute Gasteiger partial charge is 0.279 e. The summed E-state index contributed by atoms with van der Waals surface area (Å²) in [5, 5.41) is 8.14. The molecule has 4 N–H and O–H groups in total. The molecule has 0 aliphatic carbocycles. The zero-order valence-electron chi connectivity index (χ0n) is 15.1. The largest absolute Gasteiger partial charge is 0.355 e. The van der Waals surface area contributed by atoms with Crippen molar-refractivity contribution in [3.8, 4) is 0 Å². The van der Waals surface area contributed by atoms with Crippen molar-refractivity contribution < 1.29 is 19.3 Å². The van der Waals surface area contributed by atoms with Crippen molar-refractivity contribution in [2.45, 2.75) is 24.8 Å². The molecule has 8 heteroatoms. The third-order valence-corrected chi connectivity index (χ3v) is 4.22. The number of hydrogen-bond donors (Lipinski definition) is 4. The summed E-state index contributed by atoms with van der Waals surface area (Å²) in [6.45, 7) is 4.23. The number of para-hydroxylation sites is 1. The number of anilines is 1. The SMILES string of the molecule is CCNC(=O)[C@@H](C)NC(=O)C[NH+](C)CC(=O)Nc1ccccc1SC. The average molecular weight is 367 g/mol. The molecule has 0 aromatic heterocycles. The van der Waals surface area contributed by atoms with E-state index in [0.717, 1.165) is 15.5 Å². The second-order valence-corrected chi connectivity index (χ2v) is 6.59. The highest BCUT2D eigenvalue weighted by molar-refractivity contribution is 7.98. The van der Waals surface area contributed by atoms with E-state index in [1.54, 1.807) is 25.7 Å². The van der Waals surface area contributed by atoms with Crippen molar-refractivity contribution in [2.24, 2.45) is 0 Å². The maximum Gasteiger partial charge on any atom is 0.279 e. The van der Waals surface area contributed by atoms with E-state index >= 15 is 0 Å². The van der Waals surface area contributed by atoms with Gasteiger partial charge in [-0.1, -0.05) is 12.1 Å². The van der Waals surface area contributed by atoms with Crippen molar-refractivity contribution in [2.75, 3.05) is 38.3 Å². The fraction of sp³-hybridized carbons (Fsp3) is 0.471. The van der Waals surface area contributed by atoms with Gasteiger partial charge in [0.05, 0.1) is 12.7 Å². The van der Waals surface area contributed by atoms with Gasteiger partial charge in [0.15, 0.2) is 13.1 Å². The normalized spacial score (nSPS) is 12.8. The van der Waals surface area contributed by atoms with Gasteiger partial charge in [0.2, 0.25) is 5.91 Å². The maximum atomic E-state index is 12.2. The van der Waals surface area contributed by atoms with E-state index in [-0.39, 0.29) is 30.8 Å². The fourth-order valence-corrected chi connectivity index (χ4v) is 2.79. The lowest BCUT2D eigenvalue weighted by Gasteiger charge is -2.17. The highest BCUT2D eigenvalue weighted by atomic mass is 32.2. The van der Waals surface area contributed by atoms with E-state index in [9.17, 15) is 14.4 Å². The Labute approximate surface area is 152 Å². The number of carbonyl (C=O) groups excluding carboxylic acids is 3. The Hall–Kier alpha value is -2.06. The third kappa shape index (κ3) is 7.57. The number of benzene rings is 1. The minimum absolute atomic E-state index is 0.112. The second kappa shape index (κ2) is 10.7. The Bertz CT molecular complexity index is 609. The molecular formula is C17H27N4O3S+. The van der Waals surface area contributed by atoms with Gasteiger partial charge in [-0.3, -0.25) is 14.4 Å². The lowest BCUT2D eigenvalue weighted by Crippen LogP contribution is -3.11. The average Bonchev–Trinajstić information content (AvgIpc) is 2.54. The number of carbonyl (C=O) groups is 3. The van der Waals surface area contributed by atoms with Crippen LogP contribution in [-0.4, -0.2) is 56.7 Å². The first-order valence-electron chi connectivity index (χ1n) is 8.18. The van der Waals surface area contributed by atoms with Crippen molar-refractivity contribution >= 4 is 35.2 Å². The summed E-state index contributed by atoms with van der Waals surface area (Å²) >= 11 is 1.56. The van der Waals surface area contributed by atoms with Gasteiger partial charge in [-0.2, -0.15) is 0 Å². The van der Waals surface area contributed by atoms with Crippen LogP contribution in [0, 0.1) is 0 Å². The molecule has 1 rings (SSSR count). The van der Waals surface area contributed by atoms with Gasteiger partial charge in [0.25, 0.3) is 11.8 Å². The molecule has 1 unspecified atom stereocenters. The highest BCUT2D eigenvalue weighted by Gasteiger charge is 2.19. The summed E-state index contributed by atoms with van der Waals surface area (Å²) in [6.07, 6.45) is 1.95. The van der Waals surface area contributed by atoms with Crippen LogP contribution in [0.2, 0.25) is 0 Å². The van der Waals surface area contributed by atoms with Crippen LogP contribution in [0.5, 0.6) is 0 Å². The van der Waals surface area contributed by atoms with Crippen LogP contribution in [0.25, 0.3) is 0 Å². The number of likely N-dealkylation sites (N-methyl/N-ethyl adjacent to an activating group) is 2. The molecule has 0 radical (unpaired) electrons. The Morgan fingerprint density at radius 2 is 1.80 bits per heavy atom. The van der Waals surface area contributed by atoms with Gasteiger partial charge in [-0.15, -0.1) is 11.8 Å².